The third kappa shape index (κ3) is 4.15. The van der Waals surface area contributed by atoms with E-state index in [2.05, 4.69) is 4.98 Å². The van der Waals surface area contributed by atoms with Crippen LogP contribution in [0.5, 0.6) is 0 Å². The van der Waals surface area contributed by atoms with Crippen LogP contribution in [0.25, 0.3) is 0 Å². The monoisotopic (exact) mass is 381 g/mol. The SMILES string of the molecule is O=C(c1cccc(C(F)(F)F)c1)N1CCN(c2ccc([N+](=O)[O-])c[nH+]2)CC1. The average molecular weight is 381 g/mol. The number of pyridine rings is 1. The number of hydrogen-bond acceptors (Lipinski definition) is 4. The van der Waals surface area contributed by atoms with Crippen LogP contribution in [-0.2, 0) is 6.18 Å². The molecule has 1 aliphatic rings. The van der Waals surface area contributed by atoms with Gasteiger partial charge in [-0.25, -0.2) is 4.98 Å². The predicted molar refractivity (Wildman–Crippen MR) is 89.2 cm³/mol. The van der Waals surface area contributed by atoms with Crippen LogP contribution in [0.4, 0.5) is 24.7 Å². The van der Waals surface area contributed by atoms with E-state index in [0.717, 1.165) is 12.1 Å². The topological polar surface area (TPSA) is 80.8 Å². The highest BCUT2D eigenvalue weighted by Gasteiger charge is 2.32. The van der Waals surface area contributed by atoms with E-state index in [4.69, 9.17) is 0 Å². The number of rotatable bonds is 3. The summed E-state index contributed by atoms with van der Waals surface area (Å²) >= 11 is 0. The van der Waals surface area contributed by atoms with E-state index in [1.807, 2.05) is 4.90 Å². The molecule has 0 aliphatic carbocycles. The first-order valence-corrected chi connectivity index (χ1v) is 8.13. The molecule has 1 aliphatic heterocycles. The molecule has 27 heavy (non-hydrogen) atoms. The van der Waals surface area contributed by atoms with E-state index >= 15 is 0 Å². The van der Waals surface area contributed by atoms with E-state index in [-0.39, 0.29) is 11.3 Å². The number of aromatic nitrogens is 1. The molecule has 2 heterocycles. The number of aromatic amines is 1. The lowest BCUT2D eigenvalue weighted by molar-refractivity contribution is -0.414. The van der Waals surface area contributed by atoms with Crippen LogP contribution in [-0.4, -0.2) is 41.9 Å². The molecule has 0 bridgehead atoms. The zero-order valence-electron chi connectivity index (χ0n) is 14.1. The van der Waals surface area contributed by atoms with Gasteiger partial charge in [-0.15, -0.1) is 0 Å². The molecular weight excluding hydrogens is 365 g/mol. The summed E-state index contributed by atoms with van der Waals surface area (Å²) in [6.07, 6.45) is -3.21. The van der Waals surface area contributed by atoms with Crippen molar-refractivity contribution in [1.82, 2.24) is 4.90 Å². The number of carbonyl (C=O) groups is 1. The summed E-state index contributed by atoms with van der Waals surface area (Å²) in [5.41, 5.74) is -0.912. The van der Waals surface area contributed by atoms with Crippen LogP contribution in [0.3, 0.4) is 0 Å². The molecule has 1 aromatic heterocycles. The molecule has 0 spiro atoms. The summed E-state index contributed by atoms with van der Waals surface area (Å²) in [6.45, 7) is 1.58. The number of alkyl halides is 3. The molecule has 2 aromatic rings. The number of anilines is 1. The molecular formula is C17H16F3N4O3+. The number of H-pyrrole nitrogens is 1. The molecule has 0 saturated carbocycles. The number of amides is 1. The Morgan fingerprint density at radius 3 is 2.37 bits per heavy atom. The number of benzene rings is 1. The van der Waals surface area contributed by atoms with Gasteiger partial charge in [0.05, 0.1) is 23.6 Å². The molecule has 1 aromatic carbocycles. The lowest BCUT2D eigenvalue weighted by Crippen LogP contribution is -2.50. The van der Waals surface area contributed by atoms with Gasteiger partial charge in [0.25, 0.3) is 11.7 Å². The Hall–Kier alpha value is -3.17. The summed E-state index contributed by atoms with van der Waals surface area (Å²) in [7, 11) is 0. The Morgan fingerprint density at radius 2 is 1.81 bits per heavy atom. The lowest BCUT2D eigenvalue weighted by Gasteiger charge is -2.31. The summed E-state index contributed by atoms with van der Waals surface area (Å²) in [5.74, 6) is 0.222. The highest BCUT2D eigenvalue weighted by molar-refractivity contribution is 5.94. The van der Waals surface area contributed by atoms with Crippen molar-refractivity contribution >= 4 is 17.4 Å². The van der Waals surface area contributed by atoms with Crippen molar-refractivity contribution in [3.8, 4) is 0 Å². The average Bonchev–Trinajstić information content (AvgIpc) is 2.67. The molecule has 1 N–H and O–H groups in total. The maximum Gasteiger partial charge on any atom is 0.416 e. The Kier molecular flexibility index (Phi) is 4.98. The van der Waals surface area contributed by atoms with Gasteiger partial charge >= 0.3 is 11.9 Å². The van der Waals surface area contributed by atoms with E-state index in [0.29, 0.717) is 32.0 Å². The molecule has 142 valence electrons. The van der Waals surface area contributed by atoms with Crippen molar-refractivity contribution in [1.29, 1.82) is 0 Å². The van der Waals surface area contributed by atoms with Crippen LogP contribution in [0.1, 0.15) is 15.9 Å². The van der Waals surface area contributed by atoms with Crippen molar-refractivity contribution in [3.63, 3.8) is 0 Å². The van der Waals surface area contributed by atoms with E-state index < -0.39 is 22.6 Å². The Balaban J connectivity index is 1.65. The minimum atomic E-state index is -4.50. The number of carbonyl (C=O) groups excluding carboxylic acids is 1. The number of halogens is 3. The molecule has 1 fully saturated rings. The number of nitro groups is 1. The second-order valence-electron chi connectivity index (χ2n) is 6.05. The Morgan fingerprint density at radius 1 is 1.11 bits per heavy atom. The van der Waals surface area contributed by atoms with E-state index in [9.17, 15) is 28.1 Å². The Labute approximate surface area is 152 Å². The summed E-state index contributed by atoms with van der Waals surface area (Å²) in [6, 6.07) is 7.35. The molecule has 10 heteroatoms. The largest absolute Gasteiger partial charge is 0.416 e. The fourth-order valence-electron chi connectivity index (χ4n) is 2.88. The third-order valence-electron chi connectivity index (χ3n) is 4.34. The molecule has 7 nitrogen and oxygen atoms in total. The standard InChI is InChI=1S/C17H15F3N4O3/c18-17(19,20)13-3-1-2-12(10-13)16(25)23-8-6-22(7-9-23)15-5-4-14(11-21-15)24(26)27/h1-5,10-11H,6-9H2/p+1. The number of piperazine rings is 1. The fourth-order valence-corrected chi connectivity index (χ4v) is 2.88. The van der Waals surface area contributed by atoms with Crippen molar-refractivity contribution in [2.24, 2.45) is 0 Å². The normalized spacial score (nSPS) is 14.9. The summed E-state index contributed by atoms with van der Waals surface area (Å²) < 4.78 is 38.4. The second-order valence-corrected chi connectivity index (χ2v) is 6.05. The van der Waals surface area contributed by atoms with Crippen molar-refractivity contribution < 1.29 is 27.9 Å². The van der Waals surface area contributed by atoms with E-state index in [1.54, 1.807) is 6.07 Å². The van der Waals surface area contributed by atoms with Crippen LogP contribution in [0.15, 0.2) is 42.6 Å². The number of nitrogens with zero attached hydrogens (tertiary/aromatic N) is 3. The van der Waals surface area contributed by atoms with Gasteiger partial charge in [-0.2, -0.15) is 13.2 Å². The first-order valence-electron chi connectivity index (χ1n) is 8.13. The fraction of sp³-hybridized carbons (Fsp3) is 0.294. The molecule has 3 rings (SSSR count). The van der Waals surface area contributed by atoms with Crippen molar-refractivity contribution in [3.05, 3.63) is 63.8 Å². The third-order valence-corrected chi connectivity index (χ3v) is 4.34. The first kappa shape index (κ1) is 18.6. The van der Waals surface area contributed by atoms with Crippen LogP contribution >= 0.6 is 0 Å². The number of hydrogen-bond donors (Lipinski definition) is 0. The van der Waals surface area contributed by atoms with Gasteiger partial charge in [0.15, 0.2) is 6.20 Å². The van der Waals surface area contributed by atoms with Gasteiger partial charge in [0, 0.05) is 17.7 Å². The zero-order chi connectivity index (χ0) is 19.6. The second kappa shape index (κ2) is 7.22. The summed E-state index contributed by atoms with van der Waals surface area (Å²) in [5, 5.41) is 10.7. The molecule has 1 saturated heterocycles. The van der Waals surface area contributed by atoms with Crippen LogP contribution in [0, 0.1) is 10.1 Å². The van der Waals surface area contributed by atoms with Crippen LogP contribution in [0.2, 0.25) is 0 Å². The van der Waals surface area contributed by atoms with Gasteiger partial charge in [0.2, 0.25) is 0 Å². The van der Waals surface area contributed by atoms with Gasteiger partial charge in [-0.05, 0) is 18.2 Å². The van der Waals surface area contributed by atoms with Gasteiger partial charge in [-0.1, -0.05) is 6.07 Å². The molecule has 0 atom stereocenters. The minimum Gasteiger partial charge on any atom is -0.331 e. The smallest absolute Gasteiger partial charge is 0.331 e. The van der Waals surface area contributed by atoms with Gasteiger partial charge in [-0.3, -0.25) is 19.8 Å². The van der Waals surface area contributed by atoms with Gasteiger partial charge < -0.3 is 4.90 Å². The van der Waals surface area contributed by atoms with E-state index in [1.165, 1.54) is 29.3 Å². The highest BCUT2D eigenvalue weighted by Crippen LogP contribution is 2.29. The maximum absolute atomic E-state index is 12.8. The zero-order valence-corrected chi connectivity index (χ0v) is 14.1. The molecule has 0 unspecified atom stereocenters. The lowest BCUT2D eigenvalue weighted by atomic mass is 10.1. The number of nitrogens with one attached hydrogen (secondary N) is 1. The molecule has 1 amide bonds. The molecule has 0 radical (unpaired) electrons. The van der Waals surface area contributed by atoms with Crippen LogP contribution < -0.4 is 9.88 Å². The minimum absolute atomic E-state index is 0.000161. The van der Waals surface area contributed by atoms with Gasteiger partial charge in [0.1, 0.15) is 13.1 Å². The van der Waals surface area contributed by atoms with Crippen molar-refractivity contribution in [2.45, 2.75) is 6.18 Å². The van der Waals surface area contributed by atoms with Crippen molar-refractivity contribution in [2.75, 3.05) is 31.1 Å². The highest BCUT2D eigenvalue weighted by atomic mass is 19.4. The Bertz CT molecular complexity index is 847. The summed E-state index contributed by atoms with van der Waals surface area (Å²) in [4.78, 5) is 28.9. The first-order chi connectivity index (χ1) is 12.8. The quantitative estimate of drug-likeness (QED) is 0.604. The maximum atomic E-state index is 12.8. The predicted octanol–water partition coefficient (Wildman–Crippen LogP) is 2.39.